The molecule has 2 N–H and O–H groups in total. The fraction of sp³-hybridized carbons (Fsp3) is 0.500. The van der Waals surface area contributed by atoms with Crippen molar-refractivity contribution >= 4 is 17.2 Å². The molecule has 3 heteroatoms. The van der Waals surface area contributed by atoms with Gasteiger partial charge in [-0.25, -0.2) is 0 Å². The highest BCUT2D eigenvalue weighted by Crippen LogP contribution is 2.17. The molecule has 0 heterocycles. The molecule has 1 aromatic rings. The fourth-order valence-corrected chi connectivity index (χ4v) is 1.99. The Morgan fingerprint density at radius 3 is 2.47 bits per heavy atom. The standard InChI is InChI=1S/C14H22N2S/c1-5-16(14(2,3)4)10-11-7-6-8-12(9-11)13(15)17/h6-9H,5,10H2,1-4H3,(H2,15,17). The summed E-state index contributed by atoms with van der Waals surface area (Å²) in [4.78, 5) is 2.89. The highest BCUT2D eigenvalue weighted by molar-refractivity contribution is 7.80. The Bertz CT molecular complexity index is 393. The van der Waals surface area contributed by atoms with Crippen LogP contribution in [0.4, 0.5) is 0 Å². The van der Waals surface area contributed by atoms with Gasteiger partial charge in [-0.3, -0.25) is 4.90 Å². The van der Waals surface area contributed by atoms with Crippen molar-refractivity contribution < 1.29 is 0 Å². The molecule has 94 valence electrons. The summed E-state index contributed by atoms with van der Waals surface area (Å²) in [5.74, 6) is 0. The van der Waals surface area contributed by atoms with Crippen molar-refractivity contribution in [3.63, 3.8) is 0 Å². The predicted octanol–water partition coefficient (Wildman–Crippen LogP) is 2.94. The lowest BCUT2D eigenvalue weighted by molar-refractivity contribution is 0.136. The summed E-state index contributed by atoms with van der Waals surface area (Å²) in [6.45, 7) is 10.8. The van der Waals surface area contributed by atoms with Crippen molar-refractivity contribution in [1.82, 2.24) is 4.90 Å². The molecule has 0 aromatic heterocycles. The van der Waals surface area contributed by atoms with E-state index < -0.39 is 0 Å². The van der Waals surface area contributed by atoms with Gasteiger partial charge in [0.15, 0.2) is 0 Å². The first-order valence-electron chi connectivity index (χ1n) is 5.98. The summed E-state index contributed by atoms with van der Waals surface area (Å²) in [5.41, 5.74) is 8.03. The van der Waals surface area contributed by atoms with Gasteiger partial charge in [0.2, 0.25) is 0 Å². The van der Waals surface area contributed by atoms with Gasteiger partial charge in [-0.05, 0) is 38.9 Å². The van der Waals surface area contributed by atoms with Crippen LogP contribution in [0.2, 0.25) is 0 Å². The van der Waals surface area contributed by atoms with Crippen molar-refractivity contribution in [2.75, 3.05) is 6.54 Å². The minimum Gasteiger partial charge on any atom is -0.389 e. The van der Waals surface area contributed by atoms with Crippen LogP contribution in [-0.4, -0.2) is 22.0 Å². The molecule has 0 saturated carbocycles. The van der Waals surface area contributed by atoms with Gasteiger partial charge in [0.05, 0.1) is 0 Å². The quantitative estimate of drug-likeness (QED) is 0.833. The van der Waals surface area contributed by atoms with Gasteiger partial charge >= 0.3 is 0 Å². The number of nitrogens with two attached hydrogens (primary N) is 1. The number of hydrogen-bond acceptors (Lipinski definition) is 2. The highest BCUT2D eigenvalue weighted by atomic mass is 32.1. The van der Waals surface area contributed by atoms with Crippen LogP contribution < -0.4 is 5.73 Å². The van der Waals surface area contributed by atoms with Crippen molar-refractivity contribution in [3.05, 3.63) is 35.4 Å². The molecule has 0 spiro atoms. The average Bonchev–Trinajstić information content (AvgIpc) is 2.24. The summed E-state index contributed by atoms with van der Waals surface area (Å²) in [6.07, 6.45) is 0. The Morgan fingerprint density at radius 1 is 1.35 bits per heavy atom. The molecule has 17 heavy (non-hydrogen) atoms. The lowest BCUT2D eigenvalue weighted by Crippen LogP contribution is -2.40. The summed E-state index contributed by atoms with van der Waals surface area (Å²) in [6, 6.07) is 8.17. The summed E-state index contributed by atoms with van der Waals surface area (Å²) in [7, 11) is 0. The molecule has 0 bridgehead atoms. The third-order valence-electron chi connectivity index (χ3n) is 2.92. The van der Waals surface area contributed by atoms with Crippen LogP contribution in [0.25, 0.3) is 0 Å². The third kappa shape index (κ3) is 4.10. The first kappa shape index (κ1) is 14.1. The minimum absolute atomic E-state index is 0.175. The van der Waals surface area contributed by atoms with E-state index in [2.05, 4.69) is 44.7 Å². The Kier molecular flexibility index (Phi) is 4.66. The molecule has 0 saturated heterocycles. The summed E-state index contributed by atoms with van der Waals surface area (Å²) >= 11 is 5.00. The molecule has 0 aliphatic carbocycles. The molecule has 0 radical (unpaired) electrons. The topological polar surface area (TPSA) is 29.3 Å². The van der Waals surface area contributed by atoms with Crippen molar-refractivity contribution in [3.8, 4) is 0 Å². The maximum absolute atomic E-state index is 5.65. The van der Waals surface area contributed by atoms with Gasteiger partial charge in [-0.1, -0.05) is 37.3 Å². The predicted molar refractivity (Wildman–Crippen MR) is 78.2 cm³/mol. The van der Waals surface area contributed by atoms with Crippen LogP contribution in [0.5, 0.6) is 0 Å². The van der Waals surface area contributed by atoms with Gasteiger partial charge in [0.1, 0.15) is 4.99 Å². The molecule has 0 unspecified atom stereocenters. The minimum atomic E-state index is 0.175. The van der Waals surface area contributed by atoms with E-state index >= 15 is 0 Å². The molecule has 0 aliphatic heterocycles. The largest absolute Gasteiger partial charge is 0.389 e. The van der Waals surface area contributed by atoms with Crippen molar-refractivity contribution in [2.24, 2.45) is 5.73 Å². The van der Waals surface area contributed by atoms with E-state index in [0.29, 0.717) is 4.99 Å². The molecular formula is C14H22N2S. The van der Waals surface area contributed by atoms with E-state index in [0.717, 1.165) is 18.7 Å². The van der Waals surface area contributed by atoms with Gasteiger partial charge < -0.3 is 5.73 Å². The normalized spacial score (nSPS) is 11.8. The third-order valence-corrected chi connectivity index (χ3v) is 3.15. The summed E-state index contributed by atoms with van der Waals surface area (Å²) < 4.78 is 0. The van der Waals surface area contributed by atoms with E-state index in [1.807, 2.05) is 12.1 Å². The molecule has 0 atom stereocenters. The van der Waals surface area contributed by atoms with Crippen LogP contribution >= 0.6 is 12.2 Å². The highest BCUT2D eigenvalue weighted by Gasteiger charge is 2.19. The van der Waals surface area contributed by atoms with Crippen molar-refractivity contribution in [2.45, 2.75) is 39.8 Å². The maximum atomic E-state index is 5.65. The lowest BCUT2D eigenvalue weighted by atomic mass is 10.0. The molecule has 0 fully saturated rings. The molecular weight excluding hydrogens is 228 g/mol. The van der Waals surface area contributed by atoms with Gasteiger partial charge in [-0.2, -0.15) is 0 Å². The molecule has 2 nitrogen and oxygen atoms in total. The first-order valence-corrected chi connectivity index (χ1v) is 6.39. The molecule has 0 amide bonds. The van der Waals surface area contributed by atoms with Gasteiger partial charge in [0, 0.05) is 17.6 Å². The monoisotopic (exact) mass is 250 g/mol. The van der Waals surface area contributed by atoms with Crippen LogP contribution in [-0.2, 0) is 6.54 Å². The second kappa shape index (κ2) is 5.61. The Morgan fingerprint density at radius 2 is 2.00 bits per heavy atom. The Hall–Kier alpha value is -0.930. The zero-order chi connectivity index (χ0) is 13.1. The average molecular weight is 250 g/mol. The SMILES string of the molecule is CCN(Cc1cccc(C(N)=S)c1)C(C)(C)C. The number of benzene rings is 1. The fourth-order valence-electron chi connectivity index (χ4n) is 1.87. The zero-order valence-electron chi connectivity index (χ0n) is 11.2. The van der Waals surface area contributed by atoms with E-state index in [4.69, 9.17) is 18.0 Å². The van der Waals surface area contributed by atoms with E-state index in [-0.39, 0.29) is 5.54 Å². The van der Waals surface area contributed by atoms with Crippen LogP contribution in [0, 0.1) is 0 Å². The Labute approximate surface area is 110 Å². The number of nitrogens with zero attached hydrogens (tertiary/aromatic N) is 1. The van der Waals surface area contributed by atoms with Crippen molar-refractivity contribution in [1.29, 1.82) is 0 Å². The molecule has 1 rings (SSSR count). The van der Waals surface area contributed by atoms with E-state index in [1.54, 1.807) is 0 Å². The summed E-state index contributed by atoms with van der Waals surface area (Å²) in [5, 5.41) is 0. The Balaban J connectivity index is 2.87. The molecule has 0 aliphatic rings. The number of hydrogen-bond donors (Lipinski definition) is 1. The first-order chi connectivity index (χ1) is 7.84. The van der Waals surface area contributed by atoms with Gasteiger partial charge in [0.25, 0.3) is 0 Å². The maximum Gasteiger partial charge on any atom is 0.103 e. The smallest absolute Gasteiger partial charge is 0.103 e. The second-order valence-corrected chi connectivity index (χ2v) is 5.69. The number of rotatable bonds is 4. The van der Waals surface area contributed by atoms with Crippen LogP contribution in [0.1, 0.15) is 38.8 Å². The zero-order valence-corrected chi connectivity index (χ0v) is 12.0. The second-order valence-electron chi connectivity index (χ2n) is 5.25. The van der Waals surface area contributed by atoms with Gasteiger partial charge in [-0.15, -0.1) is 0 Å². The van der Waals surface area contributed by atoms with E-state index in [1.165, 1.54) is 5.56 Å². The molecule has 1 aromatic carbocycles. The van der Waals surface area contributed by atoms with Crippen LogP contribution in [0.15, 0.2) is 24.3 Å². The van der Waals surface area contributed by atoms with E-state index in [9.17, 15) is 0 Å². The van der Waals surface area contributed by atoms with Crippen LogP contribution in [0.3, 0.4) is 0 Å². The lowest BCUT2D eigenvalue weighted by Gasteiger charge is -2.34. The number of thiocarbonyl (C=S) groups is 1.